The Hall–Kier alpha value is -1.90. The van der Waals surface area contributed by atoms with Crippen LogP contribution in [0.15, 0.2) is 78.4 Å². The number of anilines is 2. The average Bonchev–Trinajstić information content (AvgIpc) is 3.43. The Morgan fingerprint density at radius 3 is 1.38 bits per heavy atom. The van der Waals surface area contributed by atoms with E-state index in [0.29, 0.717) is 12.1 Å². The fraction of sp³-hybridized carbons (Fsp3) is 0.333. The number of rotatable bonds is 2. The van der Waals surface area contributed by atoms with E-state index in [1.54, 1.807) is 17.7 Å². The number of hydrogen-bond acceptors (Lipinski definition) is 2. The van der Waals surface area contributed by atoms with Crippen molar-refractivity contribution in [3.8, 4) is 0 Å². The zero-order valence-corrected chi connectivity index (χ0v) is 26.8. The van der Waals surface area contributed by atoms with E-state index >= 15 is 0 Å². The molecular weight excluding hydrogens is 508 g/mol. The molecule has 4 aliphatic rings. The van der Waals surface area contributed by atoms with Crippen LogP contribution in [0, 0.1) is 0 Å². The fourth-order valence-electron chi connectivity index (χ4n) is 8.82. The van der Waals surface area contributed by atoms with Crippen LogP contribution in [0.25, 0.3) is 11.1 Å². The predicted molar refractivity (Wildman–Crippen MR) is 152 cm³/mol. The van der Waals surface area contributed by atoms with E-state index < -0.39 is 15.0 Å². The van der Waals surface area contributed by atoms with E-state index in [1.165, 1.54) is 33.6 Å². The van der Waals surface area contributed by atoms with Gasteiger partial charge in [-0.05, 0) is 0 Å². The van der Waals surface area contributed by atoms with Crippen molar-refractivity contribution in [2.24, 2.45) is 0 Å². The molecule has 0 radical (unpaired) electrons. The summed E-state index contributed by atoms with van der Waals surface area (Å²) in [4.78, 5) is 4.99. The van der Waals surface area contributed by atoms with E-state index in [0.717, 1.165) is 7.37 Å². The van der Waals surface area contributed by atoms with Crippen molar-refractivity contribution in [2.75, 3.05) is 23.9 Å². The molecule has 0 saturated heterocycles. The van der Waals surface area contributed by atoms with Crippen molar-refractivity contribution in [2.45, 2.75) is 44.5 Å². The van der Waals surface area contributed by atoms with Gasteiger partial charge in [0.15, 0.2) is 0 Å². The van der Waals surface area contributed by atoms with E-state index in [9.17, 15) is 0 Å². The number of benzene rings is 2. The number of hydrogen-bond donors (Lipinski definition) is 0. The van der Waals surface area contributed by atoms with Gasteiger partial charge in [-0.2, -0.15) is 0 Å². The first-order valence-electron chi connectivity index (χ1n) is 12.8. The van der Waals surface area contributed by atoms with Crippen LogP contribution < -0.4 is 9.80 Å². The number of likely N-dealkylation sites (N-methyl/N-ethyl adjacent to an activating group) is 2. The minimum absolute atomic E-state index is 0.350. The van der Waals surface area contributed by atoms with E-state index in [2.05, 4.69) is 117 Å². The van der Waals surface area contributed by atoms with Gasteiger partial charge in [-0.3, -0.25) is 0 Å². The topological polar surface area (TPSA) is 6.48 Å². The van der Waals surface area contributed by atoms with Crippen LogP contribution in [0.4, 0.5) is 11.4 Å². The standard InChI is InChI=1S/2C13H12N.4CH3.H3Si.Zr/c2*1-9-7-11-10-5-3-4-6-12(10)14(2)13(11)8-9;;;;;;/h2*3-6,8,13H,1-2H3;5*1H3;. The Balaban J connectivity index is 1.77. The van der Waals surface area contributed by atoms with E-state index in [1.807, 2.05) is 0 Å². The molecule has 0 bridgehead atoms. The normalized spacial score (nSPS) is 26.4. The Morgan fingerprint density at radius 2 is 1.00 bits per heavy atom. The zero-order chi connectivity index (χ0) is 24.5. The van der Waals surface area contributed by atoms with Gasteiger partial charge in [-0.1, -0.05) is 0 Å². The Labute approximate surface area is 201 Å². The van der Waals surface area contributed by atoms with Gasteiger partial charge in [0, 0.05) is 0 Å². The number of nitrogens with zero attached hydrogens (tertiary/aromatic N) is 2. The summed E-state index contributed by atoms with van der Waals surface area (Å²) in [5.74, 6) is 0. The molecule has 2 aromatic rings. The van der Waals surface area contributed by atoms with Gasteiger partial charge in [0.2, 0.25) is 0 Å². The monoisotopic (exact) mass is 545 g/mol. The van der Waals surface area contributed by atoms with E-state index in [-0.39, 0.29) is 0 Å². The number of para-hydroxylation sites is 2. The third kappa shape index (κ3) is 2.54. The van der Waals surface area contributed by atoms with Crippen LogP contribution in [0.3, 0.4) is 0 Å². The molecule has 0 saturated carbocycles. The van der Waals surface area contributed by atoms with Gasteiger partial charge in [0.1, 0.15) is 0 Å². The van der Waals surface area contributed by atoms with Crippen molar-refractivity contribution in [1.29, 1.82) is 0 Å². The summed E-state index contributed by atoms with van der Waals surface area (Å²) in [7, 11) is 5.68. The molecule has 34 heavy (non-hydrogen) atoms. The molecular formula is C30H39N2SiZr. The SMILES string of the molecule is CC1=CC2C(=[C]1[Zr]([CH3])([CH3])([CH3])([CH3])([SiH3])[C]1=C3c4ccccc4N(C)C3C=C1C)c1ccccc1N2C. The first kappa shape index (κ1) is 22.6. The molecule has 2 heterocycles. The van der Waals surface area contributed by atoms with Gasteiger partial charge in [0.05, 0.1) is 0 Å². The maximum absolute atomic E-state index is 4.71. The second kappa shape index (κ2) is 5.57. The van der Waals surface area contributed by atoms with Gasteiger partial charge in [0.25, 0.3) is 0 Å². The van der Waals surface area contributed by atoms with Crippen LogP contribution in [-0.4, -0.2) is 33.5 Å². The molecule has 2 aliphatic carbocycles. The molecule has 2 aliphatic heterocycles. The van der Waals surface area contributed by atoms with Gasteiger partial charge >= 0.3 is 203 Å². The molecule has 0 aromatic heterocycles. The third-order valence-electron chi connectivity index (χ3n) is 9.47. The first-order valence-corrected chi connectivity index (χ1v) is 33.5. The summed E-state index contributed by atoms with van der Waals surface area (Å²) in [5.41, 5.74) is 11.8. The van der Waals surface area contributed by atoms with E-state index in [4.69, 9.17) is 0 Å². The van der Waals surface area contributed by atoms with Gasteiger partial charge in [-0.25, -0.2) is 0 Å². The van der Waals surface area contributed by atoms with Crippen LogP contribution >= 0.6 is 0 Å². The molecule has 0 N–H and O–H groups in total. The summed E-state index contributed by atoms with van der Waals surface area (Å²) < 4.78 is 14.5. The first-order chi connectivity index (χ1) is 15.6. The molecule has 0 fully saturated rings. The summed E-state index contributed by atoms with van der Waals surface area (Å²) in [5, 5.41) is 0. The summed E-state index contributed by atoms with van der Waals surface area (Å²) in [6, 6.07) is 18.8. The van der Waals surface area contributed by atoms with Crippen molar-refractivity contribution in [1.82, 2.24) is 0 Å². The van der Waals surface area contributed by atoms with Gasteiger partial charge in [-0.15, -0.1) is 0 Å². The molecule has 2 aromatic carbocycles. The minimum atomic E-state index is -4.71. The average molecular weight is 547 g/mol. The van der Waals surface area contributed by atoms with Crippen LogP contribution in [0.5, 0.6) is 0 Å². The second-order valence-electron chi connectivity index (χ2n) is 16.0. The van der Waals surface area contributed by atoms with Gasteiger partial charge < -0.3 is 0 Å². The van der Waals surface area contributed by atoms with Crippen LogP contribution in [0.1, 0.15) is 25.0 Å². The summed E-state index contributed by atoms with van der Waals surface area (Å²) in [6.45, 7) is 4.79. The fourth-order valence-corrected chi connectivity index (χ4v) is 37.0. The predicted octanol–water partition coefficient (Wildman–Crippen LogP) is 6.60. The molecule has 2 atom stereocenters. The zero-order valence-electron chi connectivity index (χ0n) is 22.3. The maximum atomic E-state index is 2.76. The number of allylic oxidation sites excluding steroid dienone is 4. The molecule has 0 spiro atoms. The number of fused-ring (bicyclic) bond motifs is 6. The summed E-state index contributed by atoms with van der Waals surface area (Å²) >= 11 is -4.71. The van der Waals surface area contributed by atoms with Crippen molar-refractivity contribution in [3.63, 3.8) is 0 Å². The molecule has 177 valence electrons. The summed E-state index contributed by atoms with van der Waals surface area (Å²) in [6.07, 6.45) is 5.11. The Morgan fingerprint density at radius 1 is 0.647 bits per heavy atom. The molecule has 2 unspecified atom stereocenters. The van der Waals surface area contributed by atoms with Crippen LogP contribution in [0.2, 0.25) is 18.5 Å². The molecule has 4 heteroatoms. The molecule has 0 amide bonds. The van der Waals surface area contributed by atoms with Crippen molar-refractivity contribution >= 4 is 29.9 Å². The van der Waals surface area contributed by atoms with Crippen LogP contribution in [-0.2, 0) is 15.0 Å². The third-order valence-corrected chi connectivity index (χ3v) is 32.2. The van der Waals surface area contributed by atoms with Crippen molar-refractivity contribution in [3.05, 3.63) is 89.5 Å². The molecule has 6 rings (SSSR count). The Bertz CT molecular complexity index is 1370. The second-order valence-corrected chi connectivity index (χ2v) is 85.6. The molecule has 2 nitrogen and oxygen atoms in total. The quantitative estimate of drug-likeness (QED) is 0.392. The van der Waals surface area contributed by atoms with Crippen molar-refractivity contribution < 1.29 is 15.0 Å². The Kier molecular flexibility index (Phi) is 3.70.